The number of benzene rings is 1. The van der Waals surface area contributed by atoms with Crippen LogP contribution in [0.15, 0.2) is 42.6 Å². The number of rotatable bonds is 2. The van der Waals surface area contributed by atoms with E-state index in [-0.39, 0.29) is 5.56 Å². The first-order valence-corrected chi connectivity index (χ1v) is 6.54. The third kappa shape index (κ3) is 3.69. The monoisotopic (exact) mass is 392 g/mol. The van der Waals surface area contributed by atoms with Gasteiger partial charge >= 0.3 is 6.18 Å². The van der Waals surface area contributed by atoms with E-state index < -0.39 is 17.8 Å². The molecule has 2 rings (SSSR count). The van der Waals surface area contributed by atoms with Gasteiger partial charge in [0.05, 0.1) is 5.56 Å². The van der Waals surface area contributed by atoms with Crippen molar-refractivity contribution in [1.82, 2.24) is 4.98 Å². The summed E-state index contributed by atoms with van der Waals surface area (Å²) < 4.78 is 38.0. The quantitative estimate of drug-likeness (QED) is 0.787. The molecule has 1 aromatic heterocycles. The van der Waals surface area contributed by atoms with Crippen LogP contribution >= 0.6 is 22.6 Å². The summed E-state index contributed by atoms with van der Waals surface area (Å²) in [6, 6.07) is 8.94. The van der Waals surface area contributed by atoms with E-state index in [0.29, 0.717) is 5.69 Å². The molecule has 1 amide bonds. The van der Waals surface area contributed by atoms with Crippen LogP contribution in [0, 0.1) is 3.57 Å². The van der Waals surface area contributed by atoms with Crippen molar-refractivity contribution in [3.05, 3.63) is 57.4 Å². The van der Waals surface area contributed by atoms with Gasteiger partial charge in [-0.05, 0) is 52.9 Å². The highest BCUT2D eigenvalue weighted by Crippen LogP contribution is 2.27. The summed E-state index contributed by atoms with van der Waals surface area (Å²) in [4.78, 5) is 15.1. The Labute approximate surface area is 126 Å². The van der Waals surface area contributed by atoms with E-state index in [0.717, 1.165) is 21.9 Å². The lowest BCUT2D eigenvalue weighted by molar-refractivity contribution is -0.141. The third-order valence-corrected chi connectivity index (χ3v) is 3.07. The first-order chi connectivity index (χ1) is 9.36. The van der Waals surface area contributed by atoms with Gasteiger partial charge in [0.1, 0.15) is 5.69 Å². The lowest BCUT2D eigenvalue weighted by Crippen LogP contribution is -2.14. The van der Waals surface area contributed by atoms with Crippen LogP contribution in [0.5, 0.6) is 0 Å². The van der Waals surface area contributed by atoms with E-state index in [4.69, 9.17) is 0 Å². The number of alkyl halides is 3. The van der Waals surface area contributed by atoms with Gasteiger partial charge in [-0.3, -0.25) is 9.78 Å². The zero-order valence-electron chi connectivity index (χ0n) is 9.91. The second-order valence-corrected chi connectivity index (χ2v) is 5.14. The summed E-state index contributed by atoms with van der Waals surface area (Å²) in [5, 5.41) is 2.59. The average molecular weight is 392 g/mol. The number of carbonyl (C=O) groups excluding carboxylic acids is 1. The number of anilines is 1. The molecular formula is C13H8F3IN2O. The molecule has 0 bridgehead atoms. The molecule has 0 aliphatic carbocycles. The molecule has 1 heterocycles. The largest absolute Gasteiger partial charge is 0.433 e. The predicted octanol–water partition coefficient (Wildman–Crippen LogP) is 3.96. The van der Waals surface area contributed by atoms with Crippen molar-refractivity contribution in [2.24, 2.45) is 0 Å². The highest BCUT2D eigenvalue weighted by atomic mass is 127. The fourth-order valence-electron chi connectivity index (χ4n) is 1.47. The van der Waals surface area contributed by atoms with Crippen molar-refractivity contribution in [1.29, 1.82) is 0 Å². The maximum atomic E-state index is 12.3. The van der Waals surface area contributed by atoms with Gasteiger partial charge in [0, 0.05) is 15.5 Å². The standard InChI is InChI=1S/C13H8F3IN2O/c14-13(15,16)11-5-4-8(7-18-11)12(20)19-10-3-1-2-9(17)6-10/h1-7H,(H,19,20). The molecular weight excluding hydrogens is 384 g/mol. The zero-order valence-corrected chi connectivity index (χ0v) is 12.1. The number of amides is 1. The highest BCUT2D eigenvalue weighted by molar-refractivity contribution is 14.1. The average Bonchev–Trinajstić information content (AvgIpc) is 2.38. The van der Waals surface area contributed by atoms with Crippen LogP contribution < -0.4 is 5.32 Å². The molecule has 7 heteroatoms. The molecule has 1 N–H and O–H groups in total. The van der Waals surface area contributed by atoms with Gasteiger partial charge in [0.2, 0.25) is 0 Å². The number of hydrogen-bond donors (Lipinski definition) is 1. The second kappa shape index (κ2) is 5.78. The molecule has 0 unspecified atom stereocenters. The SMILES string of the molecule is O=C(Nc1cccc(I)c1)c1ccc(C(F)(F)F)nc1. The maximum absolute atomic E-state index is 12.3. The minimum atomic E-state index is -4.51. The molecule has 2 aromatic rings. The molecule has 0 aliphatic heterocycles. The molecule has 0 saturated carbocycles. The van der Waals surface area contributed by atoms with Crippen LogP contribution in [-0.4, -0.2) is 10.9 Å². The van der Waals surface area contributed by atoms with Gasteiger partial charge in [0.25, 0.3) is 5.91 Å². The van der Waals surface area contributed by atoms with Crippen LogP contribution in [-0.2, 0) is 6.18 Å². The summed E-state index contributed by atoms with van der Waals surface area (Å²) in [6.07, 6.45) is -3.60. The van der Waals surface area contributed by atoms with E-state index in [1.807, 2.05) is 6.07 Å². The number of pyridine rings is 1. The second-order valence-electron chi connectivity index (χ2n) is 3.89. The molecule has 0 saturated heterocycles. The molecule has 1 aromatic carbocycles. The van der Waals surface area contributed by atoms with Gasteiger partial charge in [-0.2, -0.15) is 13.2 Å². The van der Waals surface area contributed by atoms with Crippen LogP contribution in [0.3, 0.4) is 0 Å². The van der Waals surface area contributed by atoms with Gasteiger partial charge in [-0.15, -0.1) is 0 Å². The molecule has 0 spiro atoms. The summed E-state index contributed by atoms with van der Waals surface area (Å²) >= 11 is 2.09. The van der Waals surface area contributed by atoms with Crippen molar-refractivity contribution in [2.45, 2.75) is 6.18 Å². The Hall–Kier alpha value is -1.64. The van der Waals surface area contributed by atoms with Crippen molar-refractivity contribution in [3.8, 4) is 0 Å². The summed E-state index contributed by atoms with van der Waals surface area (Å²) in [5.74, 6) is -0.506. The molecule has 0 atom stereocenters. The van der Waals surface area contributed by atoms with Gasteiger partial charge < -0.3 is 5.32 Å². The van der Waals surface area contributed by atoms with Crippen molar-refractivity contribution in [3.63, 3.8) is 0 Å². The molecule has 3 nitrogen and oxygen atoms in total. The van der Waals surface area contributed by atoms with E-state index in [9.17, 15) is 18.0 Å². The van der Waals surface area contributed by atoms with Gasteiger partial charge in [0.15, 0.2) is 0 Å². The number of nitrogens with one attached hydrogen (secondary N) is 1. The first kappa shape index (κ1) is 14.8. The Balaban J connectivity index is 2.14. The van der Waals surface area contributed by atoms with Crippen LogP contribution in [0.4, 0.5) is 18.9 Å². The van der Waals surface area contributed by atoms with E-state index >= 15 is 0 Å². The topological polar surface area (TPSA) is 42.0 Å². The Morgan fingerprint density at radius 3 is 2.50 bits per heavy atom. The smallest absolute Gasteiger partial charge is 0.322 e. The minimum Gasteiger partial charge on any atom is -0.322 e. The summed E-state index contributed by atoms with van der Waals surface area (Å²) in [7, 11) is 0. The van der Waals surface area contributed by atoms with Gasteiger partial charge in [-0.25, -0.2) is 0 Å². The molecule has 0 aliphatic rings. The number of nitrogens with zero attached hydrogens (tertiary/aromatic N) is 1. The number of carbonyl (C=O) groups is 1. The van der Waals surface area contributed by atoms with E-state index in [2.05, 4.69) is 32.9 Å². The van der Waals surface area contributed by atoms with E-state index in [1.165, 1.54) is 0 Å². The summed E-state index contributed by atoms with van der Waals surface area (Å²) in [6.45, 7) is 0. The first-order valence-electron chi connectivity index (χ1n) is 5.46. The Morgan fingerprint density at radius 2 is 1.95 bits per heavy atom. The molecule has 104 valence electrons. The minimum absolute atomic E-state index is 0.0665. The molecule has 0 radical (unpaired) electrons. The number of hydrogen-bond acceptors (Lipinski definition) is 2. The zero-order chi connectivity index (χ0) is 14.8. The lowest BCUT2D eigenvalue weighted by Gasteiger charge is -2.07. The normalized spacial score (nSPS) is 11.2. The third-order valence-electron chi connectivity index (χ3n) is 2.40. The van der Waals surface area contributed by atoms with Crippen molar-refractivity contribution < 1.29 is 18.0 Å². The molecule has 20 heavy (non-hydrogen) atoms. The Bertz CT molecular complexity index is 626. The van der Waals surface area contributed by atoms with Gasteiger partial charge in [-0.1, -0.05) is 6.07 Å². The lowest BCUT2D eigenvalue weighted by atomic mass is 10.2. The predicted molar refractivity (Wildman–Crippen MR) is 76.4 cm³/mol. The number of aromatic nitrogens is 1. The van der Waals surface area contributed by atoms with Crippen molar-refractivity contribution in [2.75, 3.05) is 5.32 Å². The molecule has 0 fully saturated rings. The van der Waals surface area contributed by atoms with Crippen LogP contribution in [0.2, 0.25) is 0 Å². The Kier molecular flexibility index (Phi) is 4.26. The highest BCUT2D eigenvalue weighted by Gasteiger charge is 2.32. The van der Waals surface area contributed by atoms with Crippen LogP contribution in [0.1, 0.15) is 16.1 Å². The number of halogens is 4. The fourth-order valence-corrected chi connectivity index (χ4v) is 2.01. The van der Waals surface area contributed by atoms with Crippen molar-refractivity contribution >= 4 is 34.2 Å². The summed E-state index contributed by atoms with van der Waals surface area (Å²) in [5.41, 5.74) is -0.387. The Morgan fingerprint density at radius 1 is 1.20 bits per heavy atom. The maximum Gasteiger partial charge on any atom is 0.433 e. The fraction of sp³-hybridized carbons (Fsp3) is 0.0769. The van der Waals surface area contributed by atoms with Crippen LogP contribution in [0.25, 0.3) is 0 Å². The van der Waals surface area contributed by atoms with E-state index in [1.54, 1.807) is 18.2 Å².